The number of rotatable bonds is 3. The molecule has 0 aromatic rings. The van der Waals surface area contributed by atoms with Gasteiger partial charge in [0, 0.05) is 0 Å². The van der Waals surface area contributed by atoms with E-state index in [1.54, 1.807) is 0 Å². The van der Waals surface area contributed by atoms with E-state index in [4.69, 9.17) is 5.73 Å². The molecular weight excluding hydrogens is 244 g/mol. The standard InChI is InChI=1S/C14H26N2O3/c1-13(2,3)10(15)11(17)16-14(12(18)19)8-6-4-5-7-9-14/h10H,4-9,15H2,1-3H3,(H,16,17)(H,18,19)/t10-/m1/s1. The number of amides is 1. The molecule has 0 bridgehead atoms. The number of nitrogens with one attached hydrogen (secondary N) is 1. The Morgan fingerprint density at radius 2 is 1.63 bits per heavy atom. The first-order chi connectivity index (χ1) is 8.69. The molecule has 1 saturated carbocycles. The summed E-state index contributed by atoms with van der Waals surface area (Å²) in [6.45, 7) is 5.62. The second-order valence-electron chi connectivity index (χ2n) is 6.63. The van der Waals surface area contributed by atoms with Crippen molar-refractivity contribution in [2.24, 2.45) is 11.1 Å². The van der Waals surface area contributed by atoms with E-state index < -0.39 is 17.6 Å². The Balaban J connectivity index is 2.84. The van der Waals surface area contributed by atoms with Crippen molar-refractivity contribution < 1.29 is 14.7 Å². The number of aliphatic carboxylic acids is 1. The second-order valence-corrected chi connectivity index (χ2v) is 6.63. The first-order valence-corrected chi connectivity index (χ1v) is 7.00. The number of carboxylic acid groups (broad SMARTS) is 1. The van der Waals surface area contributed by atoms with Crippen LogP contribution in [0.2, 0.25) is 0 Å². The summed E-state index contributed by atoms with van der Waals surface area (Å²) in [7, 11) is 0. The summed E-state index contributed by atoms with van der Waals surface area (Å²) in [5, 5.41) is 12.2. The Morgan fingerprint density at radius 3 is 2.00 bits per heavy atom. The summed E-state index contributed by atoms with van der Waals surface area (Å²) in [5.41, 5.74) is 4.40. The summed E-state index contributed by atoms with van der Waals surface area (Å²) in [4.78, 5) is 23.8. The average molecular weight is 270 g/mol. The SMILES string of the molecule is CC(C)(C)[C@H](N)C(=O)NC1(C(=O)O)CCCCCC1. The summed E-state index contributed by atoms with van der Waals surface area (Å²) in [5.74, 6) is -1.30. The van der Waals surface area contributed by atoms with Crippen LogP contribution in [0.5, 0.6) is 0 Å². The van der Waals surface area contributed by atoms with Crippen LogP contribution >= 0.6 is 0 Å². The van der Waals surface area contributed by atoms with Gasteiger partial charge in [-0.25, -0.2) is 4.79 Å². The van der Waals surface area contributed by atoms with Crippen molar-refractivity contribution in [1.29, 1.82) is 0 Å². The Morgan fingerprint density at radius 1 is 1.16 bits per heavy atom. The summed E-state index contributed by atoms with van der Waals surface area (Å²) in [6.07, 6.45) is 4.69. The molecule has 19 heavy (non-hydrogen) atoms. The maximum Gasteiger partial charge on any atom is 0.329 e. The molecule has 110 valence electrons. The van der Waals surface area contributed by atoms with Crippen LogP contribution in [0.3, 0.4) is 0 Å². The minimum atomic E-state index is -1.13. The molecule has 0 unspecified atom stereocenters. The first-order valence-electron chi connectivity index (χ1n) is 7.00. The fourth-order valence-corrected chi connectivity index (χ4v) is 2.43. The topological polar surface area (TPSA) is 92.4 Å². The van der Waals surface area contributed by atoms with Gasteiger partial charge in [-0.1, -0.05) is 46.5 Å². The van der Waals surface area contributed by atoms with Gasteiger partial charge in [0.2, 0.25) is 5.91 Å². The molecule has 0 saturated heterocycles. The average Bonchev–Trinajstić information content (AvgIpc) is 2.53. The van der Waals surface area contributed by atoms with Gasteiger partial charge in [-0.2, -0.15) is 0 Å². The van der Waals surface area contributed by atoms with Crippen LogP contribution in [0.1, 0.15) is 59.3 Å². The van der Waals surface area contributed by atoms with Crippen LogP contribution in [-0.4, -0.2) is 28.6 Å². The molecule has 4 N–H and O–H groups in total. The van der Waals surface area contributed by atoms with Crippen molar-refractivity contribution in [3.63, 3.8) is 0 Å². The largest absolute Gasteiger partial charge is 0.480 e. The molecule has 1 atom stereocenters. The fourth-order valence-electron chi connectivity index (χ4n) is 2.43. The second kappa shape index (κ2) is 5.90. The quantitative estimate of drug-likeness (QED) is 0.680. The molecule has 0 aliphatic heterocycles. The van der Waals surface area contributed by atoms with Gasteiger partial charge in [-0.3, -0.25) is 4.79 Å². The third-order valence-electron chi connectivity index (χ3n) is 3.94. The van der Waals surface area contributed by atoms with Crippen LogP contribution in [0.25, 0.3) is 0 Å². The zero-order chi connectivity index (χ0) is 14.7. The molecule has 1 amide bonds. The normalized spacial score (nSPS) is 21.3. The van der Waals surface area contributed by atoms with E-state index >= 15 is 0 Å². The van der Waals surface area contributed by atoms with Gasteiger partial charge >= 0.3 is 5.97 Å². The summed E-state index contributed by atoms with van der Waals surface area (Å²) >= 11 is 0. The van der Waals surface area contributed by atoms with Crippen molar-refractivity contribution in [2.45, 2.75) is 70.9 Å². The highest BCUT2D eigenvalue weighted by Crippen LogP contribution is 2.28. The van der Waals surface area contributed by atoms with Crippen LogP contribution in [-0.2, 0) is 9.59 Å². The highest BCUT2D eigenvalue weighted by Gasteiger charge is 2.42. The van der Waals surface area contributed by atoms with Crippen molar-refractivity contribution in [1.82, 2.24) is 5.32 Å². The molecule has 0 spiro atoms. The van der Waals surface area contributed by atoms with E-state index in [-0.39, 0.29) is 11.3 Å². The fraction of sp³-hybridized carbons (Fsp3) is 0.857. The minimum absolute atomic E-state index is 0.364. The Bertz CT molecular complexity index is 339. The van der Waals surface area contributed by atoms with Gasteiger partial charge in [0.15, 0.2) is 0 Å². The molecule has 1 fully saturated rings. The van der Waals surface area contributed by atoms with Crippen molar-refractivity contribution in [3.05, 3.63) is 0 Å². The molecule has 1 aliphatic carbocycles. The van der Waals surface area contributed by atoms with E-state index in [0.717, 1.165) is 25.7 Å². The van der Waals surface area contributed by atoms with Crippen LogP contribution in [0, 0.1) is 5.41 Å². The van der Waals surface area contributed by atoms with E-state index in [0.29, 0.717) is 12.8 Å². The Labute approximate surface area is 114 Å². The van der Waals surface area contributed by atoms with E-state index in [9.17, 15) is 14.7 Å². The van der Waals surface area contributed by atoms with Crippen LogP contribution < -0.4 is 11.1 Å². The third kappa shape index (κ3) is 3.93. The smallest absolute Gasteiger partial charge is 0.329 e. The highest BCUT2D eigenvalue weighted by atomic mass is 16.4. The van der Waals surface area contributed by atoms with Gasteiger partial charge in [0.05, 0.1) is 6.04 Å². The highest BCUT2D eigenvalue weighted by molar-refractivity contribution is 5.89. The Hall–Kier alpha value is -1.10. The van der Waals surface area contributed by atoms with Gasteiger partial charge < -0.3 is 16.2 Å². The molecule has 0 aromatic carbocycles. The van der Waals surface area contributed by atoms with Crippen molar-refractivity contribution >= 4 is 11.9 Å². The predicted molar refractivity (Wildman–Crippen MR) is 73.6 cm³/mol. The number of nitrogens with two attached hydrogens (primary N) is 1. The monoisotopic (exact) mass is 270 g/mol. The van der Waals surface area contributed by atoms with Crippen molar-refractivity contribution in [2.75, 3.05) is 0 Å². The number of carboxylic acids is 1. The molecular formula is C14H26N2O3. The number of carbonyl (C=O) groups excluding carboxylic acids is 1. The van der Waals surface area contributed by atoms with Crippen LogP contribution in [0.4, 0.5) is 0 Å². The molecule has 1 aliphatic rings. The molecule has 5 heteroatoms. The minimum Gasteiger partial charge on any atom is -0.480 e. The van der Waals surface area contributed by atoms with Gasteiger partial charge in [0.25, 0.3) is 0 Å². The first kappa shape index (κ1) is 16.0. The van der Waals surface area contributed by atoms with Crippen molar-refractivity contribution in [3.8, 4) is 0 Å². The zero-order valence-corrected chi connectivity index (χ0v) is 12.2. The van der Waals surface area contributed by atoms with Gasteiger partial charge in [0.1, 0.15) is 5.54 Å². The zero-order valence-electron chi connectivity index (χ0n) is 12.2. The lowest BCUT2D eigenvalue weighted by Crippen LogP contribution is -2.60. The van der Waals surface area contributed by atoms with Gasteiger partial charge in [-0.15, -0.1) is 0 Å². The summed E-state index contributed by atoms with van der Waals surface area (Å²) < 4.78 is 0. The predicted octanol–water partition coefficient (Wildman–Crippen LogP) is 1.65. The number of hydrogen-bond donors (Lipinski definition) is 3. The lowest BCUT2D eigenvalue weighted by molar-refractivity contribution is -0.149. The number of carbonyl (C=O) groups is 2. The third-order valence-corrected chi connectivity index (χ3v) is 3.94. The van der Waals surface area contributed by atoms with E-state index in [2.05, 4.69) is 5.32 Å². The van der Waals surface area contributed by atoms with Gasteiger partial charge in [-0.05, 0) is 18.3 Å². The molecule has 0 aromatic heterocycles. The molecule has 0 heterocycles. The maximum atomic E-state index is 12.2. The molecule has 5 nitrogen and oxygen atoms in total. The lowest BCUT2D eigenvalue weighted by atomic mass is 9.84. The molecule has 0 radical (unpaired) electrons. The molecule has 1 rings (SSSR count). The summed E-state index contributed by atoms with van der Waals surface area (Å²) in [6, 6.07) is -0.702. The Kier molecular flexibility index (Phi) is 4.96. The number of hydrogen-bond acceptors (Lipinski definition) is 3. The lowest BCUT2D eigenvalue weighted by Gasteiger charge is -2.33. The van der Waals surface area contributed by atoms with E-state index in [1.807, 2.05) is 20.8 Å². The maximum absolute atomic E-state index is 12.2. The van der Waals surface area contributed by atoms with E-state index in [1.165, 1.54) is 0 Å². The van der Waals surface area contributed by atoms with Crippen LogP contribution in [0.15, 0.2) is 0 Å².